The molecule has 24 heavy (non-hydrogen) atoms. The van der Waals surface area contributed by atoms with E-state index in [-0.39, 0.29) is 6.03 Å². The average Bonchev–Trinajstić information content (AvgIpc) is 3.01. The maximum atomic E-state index is 12.3. The van der Waals surface area contributed by atoms with Gasteiger partial charge >= 0.3 is 6.03 Å². The number of nitrogens with one attached hydrogen (secondary N) is 1. The maximum Gasteiger partial charge on any atom is 0.317 e. The minimum atomic E-state index is 0.0710. The molecule has 2 aliphatic rings. The number of amides is 2. The van der Waals surface area contributed by atoms with Crippen LogP contribution in [0.5, 0.6) is 0 Å². The van der Waals surface area contributed by atoms with Gasteiger partial charge in [0.05, 0.1) is 6.54 Å². The van der Waals surface area contributed by atoms with Gasteiger partial charge in [-0.15, -0.1) is 0 Å². The summed E-state index contributed by atoms with van der Waals surface area (Å²) in [6, 6.07) is 1.97. The summed E-state index contributed by atoms with van der Waals surface area (Å²) in [5, 5.41) is 7.17. The summed E-state index contributed by atoms with van der Waals surface area (Å²) >= 11 is 0. The number of aromatic nitrogens is 2. The van der Waals surface area contributed by atoms with Crippen molar-refractivity contribution < 1.29 is 4.79 Å². The Morgan fingerprint density at radius 1 is 1.08 bits per heavy atom. The van der Waals surface area contributed by atoms with Crippen LogP contribution < -0.4 is 5.32 Å². The Balaban J connectivity index is 1.37. The summed E-state index contributed by atoms with van der Waals surface area (Å²) in [5.74, 6) is 0.883. The molecule has 1 aromatic heterocycles. The van der Waals surface area contributed by atoms with Crippen molar-refractivity contribution in [2.45, 2.75) is 45.1 Å². The number of rotatable bonds is 5. The molecule has 134 valence electrons. The predicted molar refractivity (Wildman–Crippen MR) is 94.8 cm³/mol. The van der Waals surface area contributed by atoms with Crippen LogP contribution in [-0.2, 0) is 6.54 Å². The minimum absolute atomic E-state index is 0.0710. The Morgan fingerprint density at radius 2 is 1.96 bits per heavy atom. The van der Waals surface area contributed by atoms with Crippen LogP contribution >= 0.6 is 0 Å². The lowest BCUT2D eigenvalue weighted by Gasteiger charge is -2.28. The summed E-state index contributed by atoms with van der Waals surface area (Å²) in [7, 11) is 0. The number of hydrogen-bond donors (Lipinski definition) is 1. The average molecular weight is 333 g/mol. The topological polar surface area (TPSA) is 53.4 Å². The third kappa shape index (κ3) is 5.23. The first-order valence-electron chi connectivity index (χ1n) is 9.54. The maximum absolute atomic E-state index is 12.3. The highest BCUT2D eigenvalue weighted by Crippen LogP contribution is 2.24. The molecule has 3 rings (SSSR count). The number of carbonyl (C=O) groups excluding carboxylic acids is 1. The van der Waals surface area contributed by atoms with Gasteiger partial charge < -0.3 is 15.1 Å². The third-order valence-corrected chi connectivity index (χ3v) is 5.29. The van der Waals surface area contributed by atoms with Gasteiger partial charge in [-0.1, -0.05) is 19.3 Å². The summed E-state index contributed by atoms with van der Waals surface area (Å²) in [6.45, 7) is 6.45. The van der Waals surface area contributed by atoms with Crippen LogP contribution in [0.1, 0.15) is 38.5 Å². The molecule has 0 bridgehead atoms. The highest BCUT2D eigenvalue weighted by molar-refractivity contribution is 5.74. The Bertz CT molecular complexity index is 484. The first-order valence-corrected chi connectivity index (χ1v) is 9.54. The number of urea groups is 1. The molecule has 2 fully saturated rings. The predicted octanol–water partition coefficient (Wildman–Crippen LogP) is 2.18. The molecule has 1 aliphatic carbocycles. The Kier molecular flexibility index (Phi) is 6.52. The SMILES string of the molecule is O=C(NCCn1cccn1)N1CCCN(CC2CCCCC2)CC1. The van der Waals surface area contributed by atoms with Gasteiger partial charge in [0.1, 0.15) is 0 Å². The van der Waals surface area contributed by atoms with Gasteiger partial charge in [-0.2, -0.15) is 5.10 Å². The van der Waals surface area contributed by atoms with Crippen molar-refractivity contribution >= 4 is 6.03 Å². The van der Waals surface area contributed by atoms with Crippen molar-refractivity contribution in [2.75, 3.05) is 39.3 Å². The fourth-order valence-corrected chi connectivity index (χ4v) is 3.91. The Morgan fingerprint density at radius 3 is 2.75 bits per heavy atom. The highest BCUT2D eigenvalue weighted by Gasteiger charge is 2.22. The van der Waals surface area contributed by atoms with Crippen molar-refractivity contribution in [3.8, 4) is 0 Å². The second-order valence-electron chi connectivity index (χ2n) is 7.15. The van der Waals surface area contributed by atoms with E-state index < -0.39 is 0 Å². The summed E-state index contributed by atoms with van der Waals surface area (Å²) in [6.07, 6.45) is 11.8. The van der Waals surface area contributed by atoms with E-state index in [9.17, 15) is 4.79 Å². The zero-order valence-electron chi connectivity index (χ0n) is 14.7. The molecule has 6 heteroatoms. The second kappa shape index (κ2) is 9.06. The third-order valence-electron chi connectivity index (χ3n) is 5.29. The smallest absolute Gasteiger partial charge is 0.317 e. The quantitative estimate of drug-likeness (QED) is 0.898. The van der Waals surface area contributed by atoms with Gasteiger partial charge in [0.2, 0.25) is 0 Å². The summed E-state index contributed by atoms with van der Waals surface area (Å²) in [4.78, 5) is 16.9. The van der Waals surface area contributed by atoms with Crippen LogP contribution in [0.15, 0.2) is 18.5 Å². The lowest BCUT2D eigenvalue weighted by Crippen LogP contribution is -2.43. The molecular formula is C18H31N5O. The van der Waals surface area contributed by atoms with Crippen LogP contribution in [0.25, 0.3) is 0 Å². The molecule has 6 nitrogen and oxygen atoms in total. The van der Waals surface area contributed by atoms with Gasteiger partial charge in [0, 0.05) is 45.1 Å². The van der Waals surface area contributed by atoms with Crippen molar-refractivity contribution in [1.29, 1.82) is 0 Å². The molecule has 2 heterocycles. The van der Waals surface area contributed by atoms with Crippen molar-refractivity contribution in [3.05, 3.63) is 18.5 Å². The van der Waals surface area contributed by atoms with E-state index in [0.717, 1.165) is 45.1 Å². The highest BCUT2D eigenvalue weighted by atomic mass is 16.2. The molecule has 0 radical (unpaired) electrons. The zero-order valence-corrected chi connectivity index (χ0v) is 14.7. The fraction of sp³-hybridized carbons (Fsp3) is 0.778. The van der Waals surface area contributed by atoms with Crippen molar-refractivity contribution in [1.82, 2.24) is 24.9 Å². The van der Waals surface area contributed by atoms with E-state index in [2.05, 4.69) is 15.3 Å². The molecule has 1 saturated carbocycles. The van der Waals surface area contributed by atoms with Gasteiger partial charge in [-0.3, -0.25) is 4.68 Å². The lowest BCUT2D eigenvalue weighted by atomic mass is 9.89. The van der Waals surface area contributed by atoms with E-state index in [4.69, 9.17) is 0 Å². The molecule has 1 aromatic rings. The molecule has 0 atom stereocenters. The van der Waals surface area contributed by atoms with E-state index in [1.165, 1.54) is 38.6 Å². The standard InChI is InChI=1S/C18H31N5O/c24-18(19-9-13-23-12-4-8-20-23)22-11-5-10-21(14-15-22)16-17-6-2-1-3-7-17/h4,8,12,17H,1-3,5-7,9-11,13-16H2,(H,19,24). The van der Waals surface area contributed by atoms with Gasteiger partial charge in [0.25, 0.3) is 0 Å². The molecule has 0 unspecified atom stereocenters. The van der Waals surface area contributed by atoms with Gasteiger partial charge in [-0.05, 0) is 37.8 Å². The molecule has 1 N–H and O–H groups in total. The van der Waals surface area contributed by atoms with E-state index in [0.29, 0.717) is 6.54 Å². The molecule has 1 aliphatic heterocycles. The van der Waals surface area contributed by atoms with E-state index >= 15 is 0 Å². The molecule has 1 saturated heterocycles. The van der Waals surface area contributed by atoms with E-state index in [1.807, 2.05) is 21.8 Å². The van der Waals surface area contributed by atoms with Crippen LogP contribution in [-0.4, -0.2) is 64.9 Å². The van der Waals surface area contributed by atoms with Crippen LogP contribution in [0.4, 0.5) is 4.79 Å². The zero-order chi connectivity index (χ0) is 16.6. The second-order valence-corrected chi connectivity index (χ2v) is 7.15. The monoisotopic (exact) mass is 333 g/mol. The number of hydrogen-bond acceptors (Lipinski definition) is 3. The van der Waals surface area contributed by atoms with Gasteiger partial charge in [-0.25, -0.2) is 4.79 Å². The largest absolute Gasteiger partial charge is 0.336 e. The van der Waals surface area contributed by atoms with Crippen LogP contribution in [0.3, 0.4) is 0 Å². The summed E-state index contributed by atoms with van der Waals surface area (Å²) in [5.41, 5.74) is 0. The van der Waals surface area contributed by atoms with Gasteiger partial charge in [0.15, 0.2) is 0 Å². The van der Waals surface area contributed by atoms with Crippen molar-refractivity contribution in [3.63, 3.8) is 0 Å². The molecule has 2 amide bonds. The number of nitrogens with zero attached hydrogens (tertiary/aromatic N) is 4. The fourth-order valence-electron chi connectivity index (χ4n) is 3.91. The normalized spacial score (nSPS) is 20.8. The Hall–Kier alpha value is -1.56. The first-order chi connectivity index (χ1) is 11.8. The van der Waals surface area contributed by atoms with Crippen LogP contribution in [0, 0.1) is 5.92 Å². The number of carbonyl (C=O) groups is 1. The molecular weight excluding hydrogens is 302 g/mol. The van der Waals surface area contributed by atoms with Crippen molar-refractivity contribution in [2.24, 2.45) is 5.92 Å². The molecule has 0 aromatic carbocycles. The van der Waals surface area contributed by atoms with Crippen LogP contribution in [0.2, 0.25) is 0 Å². The Labute approximate surface area is 145 Å². The first kappa shape index (κ1) is 17.3. The lowest BCUT2D eigenvalue weighted by molar-refractivity contribution is 0.189. The molecule has 0 spiro atoms. The van der Waals surface area contributed by atoms with E-state index in [1.54, 1.807) is 6.20 Å². The summed E-state index contributed by atoms with van der Waals surface area (Å²) < 4.78 is 1.84. The minimum Gasteiger partial charge on any atom is -0.336 e.